The van der Waals surface area contributed by atoms with Crippen molar-refractivity contribution in [2.24, 2.45) is 5.73 Å². The van der Waals surface area contributed by atoms with Gasteiger partial charge in [0, 0.05) is 37.2 Å². The monoisotopic (exact) mass is 297 g/mol. The Kier molecular flexibility index (Phi) is 4.18. The number of para-hydroxylation sites is 1. The summed E-state index contributed by atoms with van der Waals surface area (Å²) in [6.07, 6.45) is 5.19. The van der Waals surface area contributed by atoms with Gasteiger partial charge in [-0.1, -0.05) is 18.2 Å². The first kappa shape index (κ1) is 14.3. The number of nitrogens with two attached hydrogens (primary N) is 1. The Morgan fingerprint density at radius 1 is 1.23 bits per heavy atom. The molecule has 0 aliphatic carbocycles. The van der Waals surface area contributed by atoms with Gasteiger partial charge in [0.25, 0.3) is 5.91 Å². The molecular weight excluding hydrogens is 278 g/mol. The zero-order valence-electron chi connectivity index (χ0n) is 12.3. The molecule has 0 radical (unpaired) electrons. The zero-order valence-corrected chi connectivity index (χ0v) is 12.3. The third kappa shape index (κ3) is 3.16. The number of benzene rings is 1. The fraction of sp³-hybridized carbons (Fsp3) is 0.312. The van der Waals surface area contributed by atoms with E-state index in [0.717, 1.165) is 31.6 Å². The number of hydrogen-bond donors (Lipinski definition) is 2. The van der Waals surface area contributed by atoms with E-state index in [9.17, 15) is 4.79 Å². The quantitative estimate of drug-likeness (QED) is 0.896. The van der Waals surface area contributed by atoms with Gasteiger partial charge in [0.2, 0.25) is 0 Å². The molecule has 2 heterocycles. The van der Waals surface area contributed by atoms with Gasteiger partial charge in [-0.25, -0.2) is 9.97 Å². The number of aromatic nitrogens is 2. The minimum absolute atomic E-state index is 0.239. The van der Waals surface area contributed by atoms with Gasteiger partial charge < -0.3 is 16.0 Å². The van der Waals surface area contributed by atoms with Gasteiger partial charge in [-0.15, -0.1) is 0 Å². The van der Waals surface area contributed by atoms with Crippen LogP contribution in [0.25, 0.3) is 0 Å². The molecule has 1 atom stereocenters. The molecule has 6 nitrogen and oxygen atoms in total. The van der Waals surface area contributed by atoms with Crippen LogP contribution < -0.4 is 16.0 Å². The van der Waals surface area contributed by atoms with Crippen molar-refractivity contribution >= 4 is 17.4 Å². The topological polar surface area (TPSA) is 84.1 Å². The summed E-state index contributed by atoms with van der Waals surface area (Å²) in [4.78, 5) is 22.0. The number of nitrogens with zero attached hydrogens (tertiary/aromatic N) is 3. The van der Waals surface area contributed by atoms with E-state index in [4.69, 9.17) is 5.73 Å². The van der Waals surface area contributed by atoms with Crippen molar-refractivity contribution < 1.29 is 4.79 Å². The van der Waals surface area contributed by atoms with Crippen LogP contribution in [0, 0.1) is 0 Å². The first-order valence-corrected chi connectivity index (χ1v) is 7.41. The maximum atomic E-state index is 11.5. The average molecular weight is 297 g/mol. The molecule has 3 rings (SSSR count). The molecule has 114 valence electrons. The Labute approximate surface area is 129 Å². The summed E-state index contributed by atoms with van der Waals surface area (Å²) >= 11 is 0. The fourth-order valence-electron chi connectivity index (χ4n) is 2.79. The Morgan fingerprint density at radius 2 is 2.00 bits per heavy atom. The van der Waals surface area contributed by atoms with Crippen molar-refractivity contribution in [2.45, 2.75) is 18.9 Å². The average Bonchev–Trinajstić information content (AvgIpc) is 2.56. The van der Waals surface area contributed by atoms with Crippen molar-refractivity contribution in [3.05, 3.63) is 48.4 Å². The smallest absolute Gasteiger partial charge is 0.271 e. The molecule has 22 heavy (non-hydrogen) atoms. The number of carbonyl (C=O) groups excluding carboxylic acids is 1. The number of primary amides is 1. The van der Waals surface area contributed by atoms with Gasteiger partial charge in [-0.3, -0.25) is 4.79 Å². The van der Waals surface area contributed by atoms with E-state index in [2.05, 4.69) is 32.3 Å². The first-order chi connectivity index (χ1) is 10.7. The molecule has 6 heteroatoms. The van der Waals surface area contributed by atoms with E-state index in [1.54, 1.807) is 6.20 Å². The lowest BCUT2D eigenvalue weighted by molar-refractivity contribution is 0.0995. The molecule has 1 aliphatic rings. The van der Waals surface area contributed by atoms with Gasteiger partial charge in [0.15, 0.2) is 11.5 Å². The minimum atomic E-state index is -0.541. The van der Waals surface area contributed by atoms with Gasteiger partial charge >= 0.3 is 0 Å². The van der Waals surface area contributed by atoms with Crippen LogP contribution in [0.2, 0.25) is 0 Å². The second kappa shape index (κ2) is 6.43. The summed E-state index contributed by atoms with van der Waals surface area (Å²) < 4.78 is 0. The Balaban J connectivity index is 1.75. The van der Waals surface area contributed by atoms with Crippen LogP contribution in [0.4, 0.5) is 11.5 Å². The molecule has 1 saturated heterocycles. The lowest BCUT2D eigenvalue weighted by Crippen LogP contribution is -2.43. The van der Waals surface area contributed by atoms with Crippen LogP contribution >= 0.6 is 0 Å². The highest BCUT2D eigenvalue weighted by Crippen LogP contribution is 2.22. The molecule has 0 bridgehead atoms. The lowest BCUT2D eigenvalue weighted by Gasteiger charge is -2.34. The predicted octanol–water partition coefficient (Wildman–Crippen LogP) is 1.66. The number of amides is 1. The van der Waals surface area contributed by atoms with Crippen molar-refractivity contribution in [2.75, 3.05) is 23.3 Å². The maximum Gasteiger partial charge on any atom is 0.271 e. The normalized spacial score (nSPS) is 18.0. The van der Waals surface area contributed by atoms with Crippen LogP contribution in [0.5, 0.6) is 0 Å². The lowest BCUT2D eigenvalue weighted by atomic mass is 10.0. The van der Waals surface area contributed by atoms with Crippen molar-refractivity contribution in [3.63, 3.8) is 0 Å². The number of anilines is 2. The Morgan fingerprint density at radius 3 is 2.77 bits per heavy atom. The highest BCUT2D eigenvalue weighted by atomic mass is 16.1. The van der Waals surface area contributed by atoms with Crippen LogP contribution in [-0.4, -0.2) is 35.0 Å². The Hall–Kier alpha value is -2.63. The van der Waals surface area contributed by atoms with Crippen molar-refractivity contribution in [3.8, 4) is 0 Å². The van der Waals surface area contributed by atoms with E-state index in [1.807, 2.05) is 18.2 Å². The van der Waals surface area contributed by atoms with Crippen molar-refractivity contribution in [1.82, 2.24) is 9.97 Å². The molecule has 0 saturated carbocycles. The summed E-state index contributed by atoms with van der Waals surface area (Å²) in [7, 11) is 0. The molecule has 1 aliphatic heterocycles. The van der Waals surface area contributed by atoms with Crippen LogP contribution in [-0.2, 0) is 0 Å². The largest absolute Gasteiger partial charge is 0.381 e. The molecular formula is C16H19N5O. The number of carbonyl (C=O) groups is 1. The summed E-state index contributed by atoms with van der Waals surface area (Å²) in [6, 6.07) is 10.4. The fourth-order valence-corrected chi connectivity index (χ4v) is 2.79. The highest BCUT2D eigenvalue weighted by molar-refractivity contribution is 5.95. The van der Waals surface area contributed by atoms with Gasteiger partial charge in [0.05, 0.1) is 0 Å². The SMILES string of the molecule is NC(=O)c1nccnc1N1CCCC(Nc2ccccc2)C1. The third-order valence-electron chi connectivity index (χ3n) is 3.78. The third-order valence-corrected chi connectivity index (χ3v) is 3.78. The van der Waals surface area contributed by atoms with Gasteiger partial charge in [-0.2, -0.15) is 0 Å². The summed E-state index contributed by atoms with van der Waals surface area (Å²) in [5.74, 6) is 0.0378. The second-order valence-electron chi connectivity index (χ2n) is 5.39. The highest BCUT2D eigenvalue weighted by Gasteiger charge is 2.24. The maximum absolute atomic E-state index is 11.5. The first-order valence-electron chi connectivity index (χ1n) is 7.41. The Bertz CT molecular complexity index is 646. The summed E-state index contributed by atoms with van der Waals surface area (Å²) in [5, 5.41) is 3.52. The minimum Gasteiger partial charge on any atom is -0.381 e. The molecule has 1 aromatic carbocycles. The van der Waals surface area contributed by atoms with E-state index in [0.29, 0.717) is 11.9 Å². The number of rotatable bonds is 4. The van der Waals surface area contributed by atoms with E-state index < -0.39 is 5.91 Å². The number of hydrogen-bond acceptors (Lipinski definition) is 5. The van der Waals surface area contributed by atoms with Crippen molar-refractivity contribution in [1.29, 1.82) is 0 Å². The second-order valence-corrected chi connectivity index (χ2v) is 5.39. The number of nitrogens with one attached hydrogen (secondary N) is 1. The standard InChI is InChI=1S/C16H19N5O/c17-15(22)14-16(19-9-8-18-14)21-10-4-7-13(11-21)20-12-5-2-1-3-6-12/h1-3,5-6,8-9,13,20H,4,7,10-11H2,(H2,17,22). The van der Waals surface area contributed by atoms with E-state index in [-0.39, 0.29) is 5.69 Å². The zero-order chi connectivity index (χ0) is 15.4. The van der Waals surface area contributed by atoms with Gasteiger partial charge in [-0.05, 0) is 25.0 Å². The van der Waals surface area contributed by atoms with E-state index in [1.165, 1.54) is 6.20 Å². The summed E-state index contributed by atoms with van der Waals surface area (Å²) in [6.45, 7) is 1.62. The van der Waals surface area contributed by atoms with Gasteiger partial charge in [0.1, 0.15) is 0 Å². The van der Waals surface area contributed by atoms with E-state index >= 15 is 0 Å². The predicted molar refractivity (Wildman–Crippen MR) is 85.8 cm³/mol. The van der Waals surface area contributed by atoms with Crippen LogP contribution in [0.1, 0.15) is 23.3 Å². The molecule has 2 aromatic rings. The molecule has 0 spiro atoms. The van der Waals surface area contributed by atoms with Crippen LogP contribution in [0.3, 0.4) is 0 Å². The van der Waals surface area contributed by atoms with Crippen LogP contribution in [0.15, 0.2) is 42.7 Å². The molecule has 1 aromatic heterocycles. The molecule has 1 amide bonds. The molecule has 1 fully saturated rings. The number of piperidine rings is 1. The molecule has 1 unspecified atom stereocenters. The molecule has 3 N–H and O–H groups in total. The summed E-state index contributed by atoms with van der Waals surface area (Å²) in [5.41, 5.74) is 6.74.